The van der Waals surface area contributed by atoms with E-state index in [0.29, 0.717) is 35.5 Å². The molecule has 7 heteroatoms. The molecule has 0 bridgehead atoms. The molecule has 5 rings (SSSR count). The first-order valence-corrected chi connectivity index (χ1v) is 9.88. The largest absolute Gasteiger partial charge is 0.454 e. The fraction of sp³-hybridized carbons (Fsp3) is 0.167. The quantitative estimate of drug-likeness (QED) is 0.646. The van der Waals surface area contributed by atoms with Gasteiger partial charge in [0.05, 0.1) is 11.1 Å². The second-order valence-corrected chi connectivity index (χ2v) is 7.74. The van der Waals surface area contributed by atoms with Crippen molar-refractivity contribution in [3.63, 3.8) is 0 Å². The van der Waals surface area contributed by atoms with Crippen LogP contribution < -0.4 is 20.5 Å². The van der Waals surface area contributed by atoms with Gasteiger partial charge in [-0.05, 0) is 65.9 Å². The Morgan fingerprint density at radius 2 is 1.65 bits per heavy atom. The predicted molar refractivity (Wildman–Crippen MR) is 115 cm³/mol. The average Bonchev–Trinajstić information content (AvgIpc) is 3.46. The molecule has 158 valence electrons. The highest BCUT2D eigenvalue weighted by Crippen LogP contribution is 2.51. The van der Waals surface area contributed by atoms with Gasteiger partial charge in [-0.3, -0.25) is 9.59 Å². The number of carbonyl (C=O) groups is 2. The van der Waals surface area contributed by atoms with Crippen molar-refractivity contribution in [2.45, 2.75) is 18.3 Å². The molecule has 1 saturated carbocycles. The second-order valence-electron chi connectivity index (χ2n) is 7.74. The molecule has 2 amide bonds. The number of amides is 2. The summed E-state index contributed by atoms with van der Waals surface area (Å²) < 4.78 is 25.3. The minimum absolute atomic E-state index is 0. The number of anilines is 1. The molecule has 1 aliphatic carbocycles. The lowest BCUT2D eigenvalue weighted by atomic mass is 9.94. The van der Waals surface area contributed by atoms with Crippen molar-refractivity contribution < 1.29 is 24.9 Å². The van der Waals surface area contributed by atoms with Crippen molar-refractivity contribution in [3.8, 4) is 22.6 Å². The molecule has 6 nitrogen and oxygen atoms in total. The molecule has 3 aromatic carbocycles. The molecular weight excluding hydrogens is 399 g/mol. The minimum Gasteiger partial charge on any atom is -0.454 e. The van der Waals surface area contributed by atoms with Gasteiger partial charge in [0.1, 0.15) is 5.82 Å². The topological polar surface area (TPSA) is 90.7 Å². The molecule has 0 unspecified atom stereocenters. The number of halogens is 1. The van der Waals surface area contributed by atoms with Crippen LogP contribution in [0.3, 0.4) is 0 Å². The zero-order valence-electron chi connectivity index (χ0n) is 16.5. The van der Waals surface area contributed by atoms with Crippen molar-refractivity contribution in [1.29, 1.82) is 0 Å². The van der Waals surface area contributed by atoms with Crippen LogP contribution in [0.15, 0.2) is 60.7 Å². The smallest absolute Gasteiger partial charge is 0.248 e. The van der Waals surface area contributed by atoms with Gasteiger partial charge in [-0.1, -0.05) is 24.3 Å². The van der Waals surface area contributed by atoms with E-state index in [1.165, 1.54) is 6.07 Å². The van der Waals surface area contributed by atoms with Crippen molar-refractivity contribution in [1.82, 2.24) is 0 Å². The SMILES string of the molecule is NC(=O)c1ccc(-c2ccc(F)c(NC(=O)C3(c4ccc5c(c4)OCO5)CC3)c2)cc1.[HH]. The summed E-state index contributed by atoms with van der Waals surface area (Å²) in [6, 6.07) is 16.7. The summed E-state index contributed by atoms with van der Waals surface area (Å²) in [5, 5.41) is 2.76. The summed E-state index contributed by atoms with van der Waals surface area (Å²) in [6.07, 6.45) is 1.35. The number of nitrogens with two attached hydrogens (primary N) is 1. The Bertz CT molecular complexity index is 1210. The maximum absolute atomic E-state index is 14.5. The van der Waals surface area contributed by atoms with E-state index in [9.17, 15) is 14.0 Å². The van der Waals surface area contributed by atoms with Crippen LogP contribution in [0.1, 0.15) is 30.2 Å². The number of hydrogen-bond acceptors (Lipinski definition) is 4. The third kappa shape index (κ3) is 3.38. The van der Waals surface area contributed by atoms with Gasteiger partial charge < -0.3 is 20.5 Å². The van der Waals surface area contributed by atoms with Gasteiger partial charge >= 0.3 is 0 Å². The number of ether oxygens (including phenoxy) is 2. The number of carbonyl (C=O) groups excluding carboxylic acids is 2. The fourth-order valence-electron chi connectivity index (χ4n) is 3.84. The standard InChI is InChI=1S/C24H19FN2O4.H2/c25-18-7-5-16(14-1-3-15(4-2-14)22(26)28)11-19(18)27-23(29)24(9-10-24)17-6-8-20-21(12-17)31-13-30-20;/h1-8,11-12H,9-10,13H2,(H2,26,28)(H,27,29);1H. The zero-order chi connectivity index (χ0) is 21.6. The van der Waals surface area contributed by atoms with Gasteiger partial charge in [-0.25, -0.2) is 4.39 Å². The van der Waals surface area contributed by atoms with Crippen molar-refractivity contribution in [2.24, 2.45) is 5.73 Å². The first-order chi connectivity index (χ1) is 15.0. The Morgan fingerprint density at radius 1 is 0.935 bits per heavy atom. The first-order valence-electron chi connectivity index (χ1n) is 9.88. The van der Waals surface area contributed by atoms with Crippen molar-refractivity contribution in [3.05, 3.63) is 77.6 Å². The third-order valence-corrected chi connectivity index (χ3v) is 5.83. The molecule has 1 fully saturated rings. The maximum atomic E-state index is 14.5. The lowest BCUT2D eigenvalue weighted by molar-refractivity contribution is -0.118. The lowest BCUT2D eigenvalue weighted by Gasteiger charge is -2.17. The first kappa shape index (κ1) is 19.1. The molecule has 1 aliphatic heterocycles. The molecule has 3 N–H and O–H groups in total. The summed E-state index contributed by atoms with van der Waals surface area (Å²) in [6.45, 7) is 0.163. The predicted octanol–water partition coefficient (Wildman–Crippen LogP) is 4.24. The van der Waals surface area contributed by atoms with Crippen LogP contribution in [0.25, 0.3) is 11.1 Å². The monoisotopic (exact) mass is 420 g/mol. The number of primary amides is 1. The van der Waals surface area contributed by atoms with Crippen LogP contribution in [-0.2, 0) is 10.2 Å². The molecule has 0 spiro atoms. The van der Waals surface area contributed by atoms with Gasteiger partial charge in [0.2, 0.25) is 18.6 Å². The highest BCUT2D eigenvalue weighted by molar-refractivity contribution is 6.02. The van der Waals surface area contributed by atoms with Gasteiger partial charge in [-0.15, -0.1) is 0 Å². The molecule has 1 heterocycles. The lowest BCUT2D eigenvalue weighted by Crippen LogP contribution is -2.28. The number of nitrogens with one attached hydrogen (secondary N) is 1. The Labute approximate surface area is 179 Å². The van der Waals surface area contributed by atoms with Gasteiger partial charge in [0.15, 0.2) is 11.5 Å². The Hall–Kier alpha value is -3.87. The van der Waals surface area contributed by atoms with E-state index in [4.69, 9.17) is 15.2 Å². The number of fused-ring (bicyclic) bond motifs is 1. The summed E-state index contributed by atoms with van der Waals surface area (Å²) in [4.78, 5) is 24.4. The molecule has 0 aromatic heterocycles. The number of rotatable bonds is 5. The number of benzene rings is 3. The highest BCUT2D eigenvalue weighted by atomic mass is 19.1. The van der Waals surface area contributed by atoms with E-state index >= 15 is 0 Å². The molecule has 0 saturated heterocycles. The minimum atomic E-state index is -0.702. The normalized spacial score (nSPS) is 15.4. The van der Waals surface area contributed by atoms with Crippen LogP contribution in [0, 0.1) is 5.82 Å². The fourth-order valence-corrected chi connectivity index (χ4v) is 3.84. The van der Waals surface area contributed by atoms with Gasteiger partial charge in [-0.2, -0.15) is 0 Å². The molecule has 31 heavy (non-hydrogen) atoms. The average molecular weight is 420 g/mol. The van der Waals surface area contributed by atoms with Crippen molar-refractivity contribution >= 4 is 17.5 Å². The van der Waals surface area contributed by atoms with Crippen LogP contribution in [-0.4, -0.2) is 18.6 Å². The van der Waals surface area contributed by atoms with Crippen LogP contribution >= 0.6 is 0 Å². The van der Waals surface area contributed by atoms with Crippen LogP contribution in [0.4, 0.5) is 10.1 Å². The molecule has 0 radical (unpaired) electrons. The van der Waals surface area contributed by atoms with Gasteiger partial charge in [0.25, 0.3) is 0 Å². The van der Waals surface area contributed by atoms with E-state index in [1.807, 2.05) is 12.1 Å². The molecule has 2 aliphatic rings. The second kappa shape index (κ2) is 7.12. The number of hydrogen-bond donors (Lipinski definition) is 2. The van der Waals surface area contributed by atoms with Crippen LogP contribution in [0.5, 0.6) is 11.5 Å². The van der Waals surface area contributed by atoms with E-state index in [2.05, 4.69) is 5.32 Å². The van der Waals surface area contributed by atoms with E-state index in [0.717, 1.165) is 11.1 Å². The van der Waals surface area contributed by atoms with E-state index in [1.54, 1.807) is 42.5 Å². The third-order valence-electron chi connectivity index (χ3n) is 5.83. The zero-order valence-corrected chi connectivity index (χ0v) is 16.5. The van der Waals surface area contributed by atoms with Gasteiger partial charge in [0, 0.05) is 6.99 Å². The Balaban J connectivity index is 0.00000245. The summed E-state index contributed by atoms with van der Waals surface area (Å²) in [5.74, 6) is -0.0269. The highest BCUT2D eigenvalue weighted by Gasteiger charge is 2.51. The summed E-state index contributed by atoms with van der Waals surface area (Å²) in [7, 11) is 0. The van der Waals surface area contributed by atoms with Crippen molar-refractivity contribution in [2.75, 3.05) is 12.1 Å². The Morgan fingerprint density at radius 3 is 2.35 bits per heavy atom. The molecular formula is C24H21FN2O4. The molecule has 3 aromatic rings. The van der Waals surface area contributed by atoms with E-state index in [-0.39, 0.29) is 19.8 Å². The Kier molecular flexibility index (Phi) is 4.39. The summed E-state index contributed by atoms with van der Waals surface area (Å²) in [5.41, 5.74) is 7.38. The summed E-state index contributed by atoms with van der Waals surface area (Å²) >= 11 is 0. The van der Waals surface area contributed by atoms with Crippen LogP contribution in [0.2, 0.25) is 0 Å². The van der Waals surface area contributed by atoms with E-state index < -0.39 is 17.1 Å². The maximum Gasteiger partial charge on any atom is 0.248 e. The molecule has 0 atom stereocenters.